The van der Waals surface area contributed by atoms with Gasteiger partial charge in [0.05, 0.1) is 6.10 Å². The van der Waals surface area contributed by atoms with Gasteiger partial charge in [0, 0.05) is 45.9 Å². The minimum atomic E-state index is 0.482. The average molecular weight is 304 g/mol. The number of benzene rings is 1. The molecule has 0 saturated carbocycles. The molecule has 2 heterocycles. The van der Waals surface area contributed by atoms with Crippen molar-refractivity contribution in [1.29, 1.82) is 0 Å². The minimum Gasteiger partial charge on any atom is -0.492 e. The Bertz CT molecular complexity index is 452. The van der Waals surface area contributed by atoms with Crippen LogP contribution in [0.5, 0.6) is 5.75 Å². The smallest absolute Gasteiger partial charge is 0.122 e. The summed E-state index contributed by atoms with van der Waals surface area (Å²) in [4.78, 5) is 5.05. The lowest BCUT2D eigenvalue weighted by atomic mass is 10.2. The van der Waals surface area contributed by atoms with Crippen LogP contribution < -0.4 is 4.74 Å². The Balaban J connectivity index is 1.33. The van der Waals surface area contributed by atoms with E-state index in [0.29, 0.717) is 6.10 Å². The molecule has 4 heteroatoms. The SMILES string of the molecule is Cc1ccccc1OCCN1CCN(CC2CCCO2)CC1. The summed E-state index contributed by atoms with van der Waals surface area (Å²) in [5.74, 6) is 1.01. The standard InChI is InChI=1S/C18H28N2O2/c1-16-5-2-3-7-18(16)22-14-12-19-8-10-20(11-9-19)15-17-6-4-13-21-17/h2-3,5,7,17H,4,6,8-15H2,1H3. The molecule has 2 fully saturated rings. The molecule has 1 aromatic carbocycles. The molecule has 2 aliphatic rings. The highest BCUT2D eigenvalue weighted by molar-refractivity contribution is 5.31. The summed E-state index contributed by atoms with van der Waals surface area (Å²) in [5, 5.41) is 0. The Morgan fingerprint density at radius 2 is 1.91 bits per heavy atom. The topological polar surface area (TPSA) is 24.9 Å². The third kappa shape index (κ3) is 4.45. The average Bonchev–Trinajstić information content (AvgIpc) is 3.04. The molecule has 2 saturated heterocycles. The van der Waals surface area contributed by atoms with Crippen LogP contribution in [0.15, 0.2) is 24.3 Å². The van der Waals surface area contributed by atoms with Gasteiger partial charge in [0.2, 0.25) is 0 Å². The normalized spacial score (nSPS) is 23.8. The van der Waals surface area contributed by atoms with E-state index in [4.69, 9.17) is 9.47 Å². The van der Waals surface area contributed by atoms with Gasteiger partial charge in [-0.15, -0.1) is 0 Å². The van der Waals surface area contributed by atoms with Crippen LogP contribution in [0.3, 0.4) is 0 Å². The number of hydrogen-bond acceptors (Lipinski definition) is 4. The van der Waals surface area contributed by atoms with Crippen LogP contribution >= 0.6 is 0 Å². The molecular weight excluding hydrogens is 276 g/mol. The molecule has 0 spiro atoms. The van der Waals surface area contributed by atoms with Crippen LogP contribution in [0.1, 0.15) is 18.4 Å². The summed E-state index contributed by atoms with van der Waals surface area (Å²) >= 11 is 0. The Hall–Kier alpha value is -1.10. The van der Waals surface area contributed by atoms with Crippen molar-refractivity contribution in [2.75, 3.05) is 52.5 Å². The maximum absolute atomic E-state index is 5.90. The molecule has 122 valence electrons. The zero-order valence-electron chi connectivity index (χ0n) is 13.7. The fraction of sp³-hybridized carbons (Fsp3) is 0.667. The second kappa shape index (κ2) is 7.95. The number of para-hydroxylation sites is 1. The van der Waals surface area contributed by atoms with Crippen molar-refractivity contribution in [3.8, 4) is 5.75 Å². The van der Waals surface area contributed by atoms with Gasteiger partial charge in [-0.25, -0.2) is 0 Å². The summed E-state index contributed by atoms with van der Waals surface area (Å²) in [5.41, 5.74) is 1.21. The van der Waals surface area contributed by atoms with E-state index in [1.807, 2.05) is 6.07 Å². The number of rotatable bonds is 6. The lowest BCUT2D eigenvalue weighted by Crippen LogP contribution is -2.49. The van der Waals surface area contributed by atoms with E-state index in [1.165, 1.54) is 18.4 Å². The van der Waals surface area contributed by atoms with Crippen LogP contribution in [-0.4, -0.2) is 68.4 Å². The zero-order valence-corrected chi connectivity index (χ0v) is 13.7. The zero-order chi connectivity index (χ0) is 15.2. The molecule has 0 aliphatic carbocycles. The van der Waals surface area contributed by atoms with Crippen LogP contribution in [0.4, 0.5) is 0 Å². The van der Waals surface area contributed by atoms with Crippen LogP contribution in [0.25, 0.3) is 0 Å². The molecule has 22 heavy (non-hydrogen) atoms. The maximum atomic E-state index is 5.90. The molecule has 4 nitrogen and oxygen atoms in total. The minimum absolute atomic E-state index is 0.482. The number of aryl methyl sites for hydroxylation is 1. The number of ether oxygens (including phenoxy) is 2. The van der Waals surface area contributed by atoms with E-state index in [9.17, 15) is 0 Å². The van der Waals surface area contributed by atoms with Gasteiger partial charge in [-0.3, -0.25) is 9.80 Å². The monoisotopic (exact) mass is 304 g/mol. The van der Waals surface area contributed by atoms with E-state index in [-0.39, 0.29) is 0 Å². The van der Waals surface area contributed by atoms with Gasteiger partial charge in [-0.1, -0.05) is 18.2 Å². The Kier molecular flexibility index (Phi) is 5.70. The molecule has 0 N–H and O–H groups in total. The van der Waals surface area contributed by atoms with Gasteiger partial charge >= 0.3 is 0 Å². The largest absolute Gasteiger partial charge is 0.492 e. The third-order valence-electron chi connectivity index (χ3n) is 4.71. The highest BCUT2D eigenvalue weighted by Gasteiger charge is 2.22. The predicted octanol–water partition coefficient (Wildman–Crippen LogP) is 2.17. The molecule has 0 radical (unpaired) electrons. The van der Waals surface area contributed by atoms with Gasteiger partial charge in [0.1, 0.15) is 12.4 Å². The Morgan fingerprint density at radius 3 is 2.64 bits per heavy atom. The summed E-state index contributed by atoms with van der Waals surface area (Å²) in [6, 6.07) is 8.23. The van der Waals surface area contributed by atoms with Gasteiger partial charge < -0.3 is 9.47 Å². The lowest BCUT2D eigenvalue weighted by molar-refractivity contribution is 0.0478. The van der Waals surface area contributed by atoms with Crippen LogP contribution in [0.2, 0.25) is 0 Å². The number of nitrogens with zero attached hydrogens (tertiary/aromatic N) is 2. The number of hydrogen-bond donors (Lipinski definition) is 0. The second-order valence-electron chi connectivity index (χ2n) is 6.39. The van der Waals surface area contributed by atoms with Crippen LogP contribution in [0, 0.1) is 6.92 Å². The first-order valence-electron chi connectivity index (χ1n) is 8.56. The van der Waals surface area contributed by atoms with E-state index in [1.54, 1.807) is 0 Å². The fourth-order valence-corrected chi connectivity index (χ4v) is 3.27. The molecule has 3 rings (SSSR count). The molecule has 1 unspecified atom stereocenters. The van der Waals surface area contributed by atoms with Crippen molar-refractivity contribution in [1.82, 2.24) is 9.80 Å². The van der Waals surface area contributed by atoms with Gasteiger partial charge in [-0.2, -0.15) is 0 Å². The molecule has 0 bridgehead atoms. The summed E-state index contributed by atoms with van der Waals surface area (Å²) in [6.07, 6.45) is 2.96. The first kappa shape index (κ1) is 15.8. The summed E-state index contributed by atoms with van der Waals surface area (Å²) < 4.78 is 11.6. The van der Waals surface area contributed by atoms with E-state index in [0.717, 1.165) is 58.2 Å². The van der Waals surface area contributed by atoms with Crippen molar-refractivity contribution in [2.45, 2.75) is 25.9 Å². The van der Waals surface area contributed by atoms with E-state index < -0.39 is 0 Å². The summed E-state index contributed by atoms with van der Waals surface area (Å²) in [7, 11) is 0. The van der Waals surface area contributed by atoms with Crippen molar-refractivity contribution >= 4 is 0 Å². The van der Waals surface area contributed by atoms with Gasteiger partial charge in [0.25, 0.3) is 0 Å². The van der Waals surface area contributed by atoms with Crippen molar-refractivity contribution in [3.63, 3.8) is 0 Å². The van der Waals surface area contributed by atoms with Crippen molar-refractivity contribution in [2.24, 2.45) is 0 Å². The second-order valence-corrected chi connectivity index (χ2v) is 6.39. The summed E-state index contributed by atoms with van der Waals surface area (Å²) in [6.45, 7) is 10.6. The first-order valence-corrected chi connectivity index (χ1v) is 8.56. The lowest BCUT2D eigenvalue weighted by Gasteiger charge is -2.35. The molecule has 0 aromatic heterocycles. The Labute approximate surface area is 134 Å². The predicted molar refractivity (Wildman–Crippen MR) is 88.5 cm³/mol. The molecular formula is C18H28N2O2. The molecule has 2 aliphatic heterocycles. The quantitative estimate of drug-likeness (QED) is 0.804. The van der Waals surface area contributed by atoms with Gasteiger partial charge in [0.15, 0.2) is 0 Å². The van der Waals surface area contributed by atoms with Crippen molar-refractivity contribution < 1.29 is 9.47 Å². The highest BCUT2D eigenvalue weighted by atomic mass is 16.5. The maximum Gasteiger partial charge on any atom is 0.122 e. The van der Waals surface area contributed by atoms with Gasteiger partial charge in [-0.05, 0) is 31.4 Å². The third-order valence-corrected chi connectivity index (χ3v) is 4.71. The molecule has 1 aromatic rings. The Morgan fingerprint density at radius 1 is 1.14 bits per heavy atom. The van der Waals surface area contributed by atoms with E-state index >= 15 is 0 Å². The fourth-order valence-electron chi connectivity index (χ4n) is 3.27. The molecule has 0 amide bonds. The highest BCUT2D eigenvalue weighted by Crippen LogP contribution is 2.16. The van der Waals surface area contributed by atoms with Crippen LogP contribution in [-0.2, 0) is 4.74 Å². The first-order chi connectivity index (χ1) is 10.8. The number of piperazine rings is 1. The van der Waals surface area contributed by atoms with Crippen molar-refractivity contribution in [3.05, 3.63) is 29.8 Å². The molecule has 1 atom stereocenters. The van der Waals surface area contributed by atoms with E-state index in [2.05, 4.69) is 34.9 Å².